The highest BCUT2D eigenvalue weighted by Gasteiger charge is 2.01. The normalized spacial score (nSPS) is 17.6. The number of nitrogens with one attached hydrogen (secondary N) is 1. The summed E-state index contributed by atoms with van der Waals surface area (Å²) in [7, 11) is 0. The van der Waals surface area contributed by atoms with Crippen molar-refractivity contribution in [2.75, 3.05) is 19.7 Å². The Morgan fingerprint density at radius 3 is 3.27 bits per heavy atom. The van der Waals surface area contributed by atoms with Gasteiger partial charge in [0.15, 0.2) is 0 Å². The van der Waals surface area contributed by atoms with Gasteiger partial charge in [-0.3, -0.25) is 4.99 Å². The van der Waals surface area contributed by atoms with Gasteiger partial charge in [-0.05, 0) is 18.6 Å². The Morgan fingerprint density at radius 1 is 1.87 bits per heavy atom. The van der Waals surface area contributed by atoms with Crippen molar-refractivity contribution in [3.8, 4) is 12.3 Å². The Bertz CT molecular complexity index is 315. The molecular formula is C10H14ClN3O. The Balaban J connectivity index is 0.00000196. The van der Waals surface area contributed by atoms with Crippen molar-refractivity contribution in [1.29, 1.82) is 0 Å². The molecule has 1 rings (SSSR count). The first-order valence-electron chi connectivity index (χ1n) is 4.35. The van der Waals surface area contributed by atoms with E-state index in [9.17, 15) is 0 Å². The molecule has 0 aliphatic carbocycles. The van der Waals surface area contributed by atoms with E-state index in [1.807, 2.05) is 13.0 Å². The van der Waals surface area contributed by atoms with Crippen LogP contribution in [0.15, 0.2) is 21.8 Å². The second-order valence-corrected chi connectivity index (χ2v) is 2.84. The number of nitrogens with zero attached hydrogens (tertiary/aromatic N) is 2. The van der Waals surface area contributed by atoms with Gasteiger partial charge >= 0.3 is 0 Å². The zero-order chi connectivity index (χ0) is 10.2. The highest BCUT2D eigenvalue weighted by Crippen LogP contribution is 1.91. The first-order chi connectivity index (χ1) is 6.83. The van der Waals surface area contributed by atoms with Gasteiger partial charge < -0.3 is 10.2 Å². The SMILES string of the molecule is C#CC(C)=CCO/N=C1/CN=CNC1.Cl. The van der Waals surface area contributed by atoms with Gasteiger partial charge in [0, 0.05) is 0 Å². The van der Waals surface area contributed by atoms with Gasteiger partial charge in [-0.1, -0.05) is 11.1 Å². The molecule has 15 heavy (non-hydrogen) atoms. The van der Waals surface area contributed by atoms with E-state index in [4.69, 9.17) is 11.3 Å². The quantitative estimate of drug-likeness (QED) is 0.444. The van der Waals surface area contributed by atoms with Crippen LogP contribution in [0.2, 0.25) is 0 Å². The predicted octanol–water partition coefficient (Wildman–Crippen LogP) is 0.992. The highest BCUT2D eigenvalue weighted by molar-refractivity contribution is 5.92. The zero-order valence-electron chi connectivity index (χ0n) is 8.56. The third-order valence-corrected chi connectivity index (χ3v) is 1.65. The van der Waals surface area contributed by atoms with Crippen LogP contribution >= 0.6 is 12.4 Å². The van der Waals surface area contributed by atoms with Crippen LogP contribution in [0.5, 0.6) is 0 Å². The van der Waals surface area contributed by atoms with Crippen molar-refractivity contribution in [1.82, 2.24) is 5.32 Å². The zero-order valence-corrected chi connectivity index (χ0v) is 9.38. The minimum Gasteiger partial charge on any atom is -0.391 e. The summed E-state index contributed by atoms with van der Waals surface area (Å²) in [5.41, 5.74) is 1.74. The second kappa shape index (κ2) is 7.89. The van der Waals surface area contributed by atoms with E-state index in [1.54, 1.807) is 6.34 Å². The summed E-state index contributed by atoms with van der Waals surface area (Å²) in [6.45, 7) is 3.55. The van der Waals surface area contributed by atoms with Crippen LogP contribution in [-0.2, 0) is 4.84 Å². The van der Waals surface area contributed by atoms with Crippen molar-refractivity contribution >= 4 is 24.5 Å². The summed E-state index contributed by atoms with van der Waals surface area (Å²) in [5.74, 6) is 2.50. The molecule has 0 bridgehead atoms. The lowest BCUT2D eigenvalue weighted by Crippen LogP contribution is -2.28. The van der Waals surface area contributed by atoms with Crippen LogP contribution in [0.1, 0.15) is 6.92 Å². The number of aliphatic imine (C=N–C) groups is 1. The van der Waals surface area contributed by atoms with Crippen LogP contribution in [0.4, 0.5) is 0 Å². The lowest BCUT2D eigenvalue weighted by atomic mass is 10.3. The van der Waals surface area contributed by atoms with Gasteiger partial charge in [-0.2, -0.15) is 0 Å². The fourth-order valence-electron chi connectivity index (χ4n) is 0.846. The van der Waals surface area contributed by atoms with E-state index in [1.165, 1.54) is 0 Å². The first kappa shape index (κ1) is 13.5. The molecule has 0 aromatic rings. The van der Waals surface area contributed by atoms with E-state index in [2.05, 4.69) is 21.4 Å². The van der Waals surface area contributed by atoms with Crippen LogP contribution in [0.25, 0.3) is 0 Å². The molecule has 0 unspecified atom stereocenters. The maximum absolute atomic E-state index is 5.16. The van der Waals surface area contributed by atoms with Gasteiger partial charge in [0.05, 0.1) is 25.1 Å². The Kier molecular flexibility index (Phi) is 7.12. The molecule has 0 spiro atoms. The molecule has 0 saturated carbocycles. The fourth-order valence-corrected chi connectivity index (χ4v) is 0.846. The average Bonchev–Trinajstić information content (AvgIpc) is 2.25. The van der Waals surface area contributed by atoms with Crippen LogP contribution < -0.4 is 5.32 Å². The minimum atomic E-state index is 0. The summed E-state index contributed by atoms with van der Waals surface area (Å²) in [6.07, 6.45) is 8.64. The summed E-state index contributed by atoms with van der Waals surface area (Å²) in [5, 5.41) is 6.86. The number of hydrogen-bond donors (Lipinski definition) is 1. The van der Waals surface area contributed by atoms with Crippen molar-refractivity contribution in [2.45, 2.75) is 6.92 Å². The number of hydrogen-bond acceptors (Lipinski definition) is 4. The van der Waals surface area contributed by atoms with E-state index < -0.39 is 0 Å². The standard InChI is InChI=1S/C10H13N3O.ClH/c1-3-9(2)4-5-14-13-10-6-11-8-12-7-10;/h1,4,8H,5-7H2,2H3,(H,11,12);1H. The maximum atomic E-state index is 5.16. The van der Waals surface area contributed by atoms with Crippen molar-refractivity contribution in [3.05, 3.63) is 11.6 Å². The molecule has 0 aromatic carbocycles. The molecule has 0 atom stereocenters. The topological polar surface area (TPSA) is 46.0 Å². The summed E-state index contributed by atoms with van der Waals surface area (Å²) < 4.78 is 0. The molecule has 4 nitrogen and oxygen atoms in total. The number of oxime groups is 1. The van der Waals surface area contributed by atoms with Gasteiger partial charge in [-0.15, -0.1) is 18.8 Å². The Labute approximate surface area is 95.9 Å². The van der Waals surface area contributed by atoms with Gasteiger partial charge in [0.1, 0.15) is 6.61 Å². The molecule has 0 aromatic heterocycles. The molecule has 1 aliphatic heterocycles. The first-order valence-corrected chi connectivity index (χ1v) is 4.35. The molecule has 0 radical (unpaired) electrons. The van der Waals surface area contributed by atoms with Gasteiger partial charge in [0.25, 0.3) is 0 Å². The molecule has 0 amide bonds. The number of halogens is 1. The molecule has 0 saturated heterocycles. The molecule has 82 valence electrons. The molecule has 1 N–H and O–H groups in total. The Morgan fingerprint density at radius 2 is 2.67 bits per heavy atom. The number of rotatable bonds is 3. The lowest BCUT2D eigenvalue weighted by Gasteiger charge is -2.07. The average molecular weight is 228 g/mol. The number of terminal acetylenes is 1. The van der Waals surface area contributed by atoms with Crippen LogP contribution in [0.3, 0.4) is 0 Å². The Hall–Kier alpha value is -1.47. The molecule has 1 aliphatic rings. The van der Waals surface area contributed by atoms with E-state index in [-0.39, 0.29) is 12.4 Å². The van der Waals surface area contributed by atoms with Crippen molar-refractivity contribution in [2.24, 2.45) is 10.1 Å². The monoisotopic (exact) mass is 227 g/mol. The minimum absolute atomic E-state index is 0. The van der Waals surface area contributed by atoms with E-state index in [0.29, 0.717) is 19.7 Å². The summed E-state index contributed by atoms with van der Waals surface area (Å²) in [6, 6.07) is 0. The maximum Gasteiger partial charge on any atom is 0.136 e. The second-order valence-electron chi connectivity index (χ2n) is 2.84. The van der Waals surface area contributed by atoms with E-state index >= 15 is 0 Å². The third-order valence-electron chi connectivity index (χ3n) is 1.65. The third kappa shape index (κ3) is 5.76. The van der Waals surface area contributed by atoms with Gasteiger partial charge in [-0.25, -0.2) is 0 Å². The summed E-state index contributed by atoms with van der Waals surface area (Å²) in [4.78, 5) is 9.04. The van der Waals surface area contributed by atoms with Crippen LogP contribution in [0, 0.1) is 12.3 Å². The summed E-state index contributed by atoms with van der Waals surface area (Å²) >= 11 is 0. The van der Waals surface area contributed by atoms with Crippen molar-refractivity contribution in [3.63, 3.8) is 0 Å². The lowest BCUT2D eigenvalue weighted by molar-refractivity contribution is 0.173. The fraction of sp³-hybridized carbons (Fsp3) is 0.400. The van der Waals surface area contributed by atoms with Crippen LogP contribution in [-0.4, -0.2) is 31.7 Å². The number of allylic oxidation sites excluding steroid dienone is 1. The largest absolute Gasteiger partial charge is 0.391 e. The smallest absolute Gasteiger partial charge is 0.136 e. The van der Waals surface area contributed by atoms with Gasteiger partial charge in [0.2, 0.25) is 0 Å². The molecule has 1 heterocycles. The molecule has 0 fully saturated rings. The molecule has 5 heteroatoms. The van der Waals surface area contributed by atoms with E-state index in [0.717, 1.165) is 11.3 Å². The molecular weight excluding hydrogens is 214 g/mol. The van der Waals surface area contributed by atoms with Crippen molar-refractivity contribution < 1.29 is 4.84 Å². The highest BCUT2D eigenvalue weighted by atomic mass is 35.5. The predicted molar refractivity (Wildman–Crippen MR) is 64.6 cm³/mol.